The molecule has 9 nitrogen and oxygen atoms in total. The van der Waals surface area contributed by atoms with Gasteiger partial charge in [0.05, 0.1) is 5.69 Å². The minimum Gasteiger partial charge on any atom is -0.364 e. The van der Waals surface area contributed by atoms with E-state index in [0.29, 0.717) is 37.8 Å². The topological polar surface area (TPSA) is 94.3 Å². The van der Waals surface area contributed by atoms with Crippen LogP contribution >= 0.6 is 0 Å². The molecule has 10 heteroatoms. The van der Waals surface area contributed by atoms with Crippen molar-refractivity contribution in [2.75, 3.05) is 59.4 Å². The number of nitrogens with zero attached hydrogens (tertiary/aromatic N) is 5. The molecular formula is C17H30N6O3S. The molecule has 2 aliphatic rings. The summed E-state index contributed by atoms with van der Waals surface area (Å²) < 4.78 is 31.3. The summed E-state index contributed by atoms with van der Waals surface area (Å²) in [6.45, 7) is 8.68. The largest absolute Gasteiger partial charge is 0.364 e. The Kier molecular flexibility index (Phi) is 6.72. The van der Waals surface area contributed by atoms with Gasteiger partial charge in [-0.25, -0.2) is 8.42 Å². The molecule has 3 heterocycles. The number of rotatable bonds is 6. The second-order valence-corrected chi connectivity index (χ2v) is 9.08. The Balaban J connectivity index is 1.47. The Morgan fingerprint density at radius 2 is 2.11 bits per heavy atom. The zero-order valence-electron chi connectivity index (χ0n) is 16.2. The highest BCUT2D eigenvalue weighted by Gasteiger charge is 2.29. The van der Waals surface area contributed by atoms with Gasteiger partial charge in [0, 0.05) is 52.4 Å². The molecule has 1 aromatic heterocycles. The fraction of sp³-hybridized carbons (Fsp3) is 0.765. The second kappa shape index (κ2) is 9.03. The molecule has 0 aromatic carbocycles. The quantitative estimate of drug-likeness (QED) is 0.534. The fourth-order valence-electron chi connectivity index (χ4n) is 3.70. The molecule has 27 heavy (non-hydrogen) atoms. The van der Waals surface area contributed by atoms with E-state index in [9.17, 15) is 8.42 Å². The van der Waals surface area contributed by atoms with Crippen LogP contribution in [0.25, 0.3) is 0 Å². The van der Waals surface area contributed by atoms with Crippen molar-refractivity contribution in [3.8, 4) is 0 Å². The standard InChI is InChI=1S/C17H30N6O3S/c1-3-21-6-4-15(13-21)12-19-17(18-2)22-7-9-23(10-8-22)27(24,25)14-16-5-11-26-20-16/h5,11,15H,3-4,6-10,12-14H2,1-2H3,(H,18,19). The highest BCUT2D eigenvalue weighted by molar-refractivity contribution is 7.88. The Labute approximate surface area is 161 Å². The lowest BCUT2D eigenvalue weighted by Gasteiger charge is -2.36. The van der Waals surface area contributed by atoms with Crippen molar-refractivity contribution >= 4 is 16.0 Å². The van der Waals surface area contributed by atoms with Crippen LogP contribution in [0.4, 0.5) is 0 Å². The van der Waals surface area contributed by atoms with Crippen LogP contribution in [-0.4, -0.2) is 93.0 Å². The Morgan fingerprint density at radius 1 is 1.33 bits per heavy atom. The molecule has 0 aliphatic carbocycles. The Hall–Kier alpha value is -1.65. The van der Waals surface area contributed by atoms with Gasteiger partial charge in [0.1, 0.15) is 12.0 Å². The van der Waals surface area contributed by atoms with Crippen LogP contribution in [-0.2, 0) is 15.8 Å². The summed E-state index contributed by atoms with van der Waals surface area (Å²) in [4.78, 5) is 8.99. The zero-order valence-corrected chi connectivity index (χ0v) is 17.0. The first-order valence-corrected chi connectivity index (χ1v) is 11.2. The van der Waals surface area contributed by atoms with Gasteiger partial charge < -0.3 is 19.6 Å². The summed E-state index contributed by atoms with van der Waals surface area (Å²) in [5, 5.41) is 7.18. The Morgan fingerprint density at radius 3 is 2.70 bits per heavy atom. The van der Waals surface area contributed by atoms with Crippen molar-refractivity contribution in [1.29, 1.82) is 0 Å². The molecule has 152 valence electrons. The fourth-order valence-corrected chi connectivity index (χ4v) is 5.13. The molecule has 0 bridgehead atoms. The number of sulfonamides is 1. The van der Waals surface area contributed by atoms with Gasteiger partial charge in [0.25, 0.3) is 0 Å². The maximum Gasteiger partial charge on any atom is 0.220 e. The normalized spacial score (nSPS) is 23.1. The van der Waals surface area contributed by atoms with Gasteiger partial charge in [-0.3, -0.25) is 4.99 Å². The van der Waals surface area contributed by atoms with Gasteiger partial charge in [-0.05, 0) is 25.4 Å². The second-order valence-electron chi connectivity index (χ2n) is 7.11. The van der Waals surface area contributed by atoms with E-state index in [0.717, 1.165) is 25.6 Å². The van der Waals surface area contributed by atoms with Gasteiger partial charge in [0.2, 0.25) is 10.0 Å². The molecule has 2 saturated heterocycles. The van der Waals surface area contributed by atoms with Gasteiger partial charge in [0.15, 0.2) is 5.96 Å². The number of aliphatic imine (C=N–C) groups is 1. The maximum absolute atomic E-state index is 12.5. The van der Waals surface area contributed by atoms with Crippen molar-refractivity contribution in [3.05, 3.63) is 18.0 Å². The summed E-state index contributed by atoms with van der Waals surface area (Å²) in [6.07, 6.45) is 2.61. The van der Waals surface area contributed by atoms with Gasteiger partial charge in [-0.2, -0.15) is 4.31 Å². The third-order valence-electron chi connectivity index (χ3n) is 5.33. The number of nitrogens with one attached hydrogen (secondary N) is 1. The minimum atomic E-state index is -3.38. The summed E-state index contributed by atoms with van der Waals surface area (Å²) in [5.74, 6) is 1.39. The van der Waals surface area contributed by atoms with Gasteiger partial charge in [-0.1, -0.05) is 12.1 Å². The third-order valence-corrected chi connectivity index (χ3v) is 7.14. The molecule has 1 N–H and O–H groups in total. The Bertz CT molecular complexity index is 713. The van der Waals surface area contributed by atoms with Crippen molar-refractivity contribution in [1.82, 2.24) is 24.6 Å². The number of hydrogen-bond donors (Lipinski definition) is 1. The number of piperazine rings is 1. The van der Waals surface area contributed by atoms with E-state index in [4.69, 9.17) is 4.52 Å². The molecule has 0 saturated carbocycles. The molecule has 1 aromatic rings. The summed E-state index contributed by atoms with van der Waals surface area (Å²) in [5.41, 5.74) is 0.438. The first kappa shape index (κ1) is 20.1. The number of guanidine groups is 1. The molecule has 0 amide bonds. The van der Waals surface area contributed by atoms with Crippen LogP contribution in [0.3, 0.4) is 0 Å². The van der Waals surface area contributed by atoms with Crippen LogP contribution in [0.2, 0.25) is 0 Å². The SMILES string of the molecule is CCN1CCC(CNC(=NC)N2CCN(S(=O)(=O)Cc3ccon3)CC2)C1. The molecule has 0 radical (unpaired) electrons. The van der Waals surface area contributed by atoms with Crippen molar-refractivity contribution in [3.63, 3.8) is 0 Å². The van der Waals surface area contributed by atoms with Gasteiger partial charge >= 0.3 is 0 Å². The molecule has 3 rings (SSSR count). The predicted molar refractivity (Wildman–Crippen MR) is 104 cm³/mol. The first-order valence-electron chi connectivity index (χ1n) is 9.57. The average molecular weight is 399 g/mol. The molecule has 1 unspecified atom stereocenters. The van der Waals surface area contributed by atoms with Gasteiger partial charge in [-0.15, -0.1) is 0 Å². The van der Waals surface area contributed by atoms with Crippen LogP contribution in [0.1, 0.15) is 19.0 Å². The molecule has 0 spiro atoms. The number of likely N-dealkylation sites (tertiary alicyclic amines) is 1. The monoisotopic (exact) mass is 398 g/mol. The number of aromatic nitrogens is 1. The number of hydrogen-bond acceptors (Lipinski definition) is 6. The van der Waals surface area contributed by atoms with Crippen molar-refractivity contribution < 1.29 is 12.9 Å². The molecular weight excluding hydrogens is 368 g/mol. The lowest BCUT2D eigenvalue weighted by atomic mass is 10.1. The highest BCUT2D eigenvalue weighted by atomic mass is 32.2. The lowest BCUT2D eigenvalue weighted by Crippen LogP contribution is -2.54. The third kappa shape index (κ3) is 5.20. The van der Waals surface area contributed by atoms with Crippen molar-refractivity contribution in [2.24, 2.45) is 10.9 Å². The zero-order chi connectivity index (χ0) is 19.3. The summed E-state index contributed by atoms with van der Waals surface area (Å²) in [6, 6.07) is 1.59. The van der Waals surface area contributed by atoms with E-state index in [2.05, 4.69) is 32.2 Å². The van der Waals surface area contributed by atoms with Crippen LogP contribution in [0.15, 0.2) is 21.8 Å². The minimum absolute atomic E-state index is 0.119. The average Bonchev–Trinajstić information content (AvgIpc) is 3.34. The lowest BCUT2D eigenvalue weighted by molar-refractivity contribution is 0.258. The maximum atomic E-state index is 12.5. The summed E-state index contributed by atoms with van der Waals surface area (Å²) in [7, 11) is -1.60. The molecule has 2 aliphatic heterocycles. The summed E-state index contributed by atoms with van der Waals surface area (Å²) >= 11 is 0. The van der Waals surface area contributed by atoms with Crippen LogP contribution in [0.5, 0.6) is 0 Å². The van der Waals surface area contributed by atoms with E-state index >= 15 is 0 Å². The van der Waals surface area contributed by atoms with Crippen molar-refractivity contribution in [2.45, 2.75) is 19.1 Å². The molecule has 2 fully saturated rings. The van der Waals surface area contributed by atoms with Crippen LogP contribution in [0, 0.1) is 5.92 Å². The predicted octanol–water partition coefficient (Wildman–Crippen LogP) is 0.0392. The van der Waals surface area contributed by atoms with E-state index < -0.39 is 10.0 Å². The molecule has 1 atom stereocenters. The highest BCUT2D eigenvalue weighted by Crippen LogP contribution is 2.15. The van der Waals surface area contributed by atoms with E-state index in [1.165, 1.54) is 23.5 Å². The van der Waals surface area contributed by atoms with E-state index in [-0.39, 0.29) is 5.75 Å². The smallest absolute Gasteiger partial charge is 0.220 e. The van der Waals surface area contributed by atoms with E-state index in [1.807, 2.05) is 0 Å². The first-order chi connectivity index (χ1) is 13.0. The van der Waals surface area contributed by atoms with E-state index in [1.54, 1.807) is 13.1 Å². The van der Waals surface area contributed by atoms with Crippen LogP contribution < -0.4 is 5.32 Å².